The van der Waals surface area contributed by atoms with E-state index >= 15 is 0 Å². The van der Waals surface area contributed by atoms with Crippen molar-refractivity contribution in [3.8, 4) is 11.5 Å². The third kappa shape index (κ3) is 3.52. The maximum atomic E-state index is 10.6. The zero-order valence-corrected chi connectivity index (χ0v) is 13.9. The van der Waals surface area contributed by atoms with Crippen molar-refractivity contribution in [3.05, 3.63) is 22.2 Å². The highest BCUT2D eigenvalue weighted by atomic mass is 79.9. The van der Waals surface area contributed by atoms with Crippen LogP contribution in [0.3, 0.4) is 0 Å². The van der Waals surface area contributed by atoms with E-state index in [0.29, 0.717) is 19.0 Å². The summed E-state index contributed by atoms with van der Waals surface area (Å²) in [5.74, 6) is 2.18. The monoisotopic (exact) mass is 355 g/mol. The van der Waals surface area contributed by atoms with Crippen LogP contribution in [0, 0.1) is 5.92 Å². The number of fused-ring (bicyclic) bond motifs is 1. The molecule has 2 unspecified atom stereocenters. The molecule has 0 radical (unpaired) electrons. The van der Waals surface area contributed by atoms with E-state index in [1.54, 1.807) is 0 Å². The van der Waals surface area contributed by atoms with Crippen molar-refractivity contribution in [3.63, 3.8) is 0 Å². The Labute approximate surface area is 134 Å². The highest BCUT2D eigenvalue weighted by Crippen LogP contribution is 2.40. The fourth-order valence-corrected chi connectivity index (χ4v) is 3.96. The second kappa shape index (κ2) is 6.15. The Morgan fingerprint density at radius 3 is 3.10 bits per heavy atom. The molecule has 0 aromatic heterocycles. The molecule has 0 bridgehead atoms. The molecular formula is C16H22BrNO3. The van der Waals surface area contributed by atoms with E-state index in [1.165, 1.54) is 6.42 Å². The smallest absolute Gasteiger partial charge is 0.231 e. The van der Waals surface area contributed by atoms with E-state index in [1.807, 2.05) is 12.1 Å². The molecule has 2 N–H and O–H groups in total. The first-order valence-corrected chi connectivity index (χ1v) is 8.36. The van der Waals surface area contributed by atoms with Gasteiger partial charge in [0.15, 0.2) is 11.5 Å². The predicted octanol–water partition coefficient (Wildman–Crippen LogP) is 3.21. The topological polar surface area (TPSA) is 50.7 Å². The van der Waals surface area contributed by atoms with Crippen molar-refractivity contribution < 1.29 is 14.6 Å². The van der Waals surface area contributed by atoms with Gasteiger partial charge in [0.25, 0.3) is 0 Å². The molecule has 1 saturated carbocycles. The van der Waals surface area contributed by atoms with E-state index in [0.717, 1.165) is 40.8 Å². The molecule has 1 fully saturated rings. The van der Waals surface area contributed by atoms with Crippen molar-refractivity contribution >= 4 is 15.9 Å². The number of hydrogen-bond donors (Lipinski definition) is 2. The summed E-state index contributed by atoms with van der Waals surface area (Å²) in [6.45, 7) is 3.86. The van der Waals surface area contributed by atoms with E-state index in [2.05, 4.69) is 28.2 Å². The van der Waals surface area contributed by atoms with Gasteiger partial charge in [-0.3, -0.25) is 0 Å². The number of benzene rings is 1. The first-order chi connectivity index (χ1) is 10.1. The van der Waals surface area contributed by atoms with Crippen LogP contribution in [0.2, 0.25) is 0 Å². The molecule has 2 atom stereocenters. The summed E-state index contributed by atoms with van der Waals surface area (Å²) in [6.07, 6.45) is 4.15. The fourth-order valence-electron chi connectivity index (χ4n) is 3.36. The Kier molecular flexibility index (Phi) is 4.43. The molecule has 0 amide bonds. The summed E-state index contributed by atoms with van der Waals surface area (Å²) in [6, 6.07) is 4.03. The van der Waals surface area contributed by atoms with E-state index in [4.69, 9.17) is 9.47 Å². The van der Waals surface area contributed by atoms with Crippen molar-refractivity contribution in [2.45, 2.75) is 44.8 Å². The number of aliphatic hydroxyl groups is 1. The average Bonchev–Trinajstić information content (AvgIpc) is 2.87. The largest absolute Gasteiger partial charge is 0.454 e. The number of ether oxygens (including phenoxy) is 2. The van der Waals surface area contributed by atoms with Crippen LogP contribution in [0.5, 0.6) is 11.5 Å². The lowest BCUT2D eigenvalue weighted by atomic mass is 9.79. The normalized spacial score (nSPS) is 27.9. The summed E-state index contributed by atoms with van der Waals surface area (Å²) in [5.41, 5.74) is 0.573. The van der Waals surface area contributed by atoms with Gasteiger partial charge in [0.1, 0.15) is 0 Å². The molecule has 0 spiro atoms. The first-order valence-electron chi connectivity index (χ1n) is 7.57. The van der Waals surface area contributed by atoms with Gasteiger partial charge in [-0.05, 0) is 52.4 Å². The van der Waals surface area contributed by atoms with E-state index in [9.17, 15) is 5.11 Å². The predicted molar refractivity (Wildman–Crippen MR) is 84.6 cm³/mol. The van der Waals surface area contributed by atoms with Crippen molar-refractivity contribution in [1.82, 2.24) is 5.32 Å². The maximum Gasteiger partial charge on any atom is 0.231 e. The Hall–Kier alpha value is -0.780. The molecule has 1 aromatic rings. The molecule has 21 heavy (non-hydrogen) atoms. The van der Waals surface area contributed by atoms with Crippen LogP contribution in [-0.2, 0) is 6.54 Å². The first kappa shape index (κ1) is 15.1. The SMILES string of the molecule is CC1CCCC(O)(CNCc2cc(Br)c3c(c2)OCO3)C1. The third-order valence-corrected chi connectivity index (χ3v) is 4.93. The van der Waals surface area contributed by atoms with Crippen molar-refractivity contribution in [1.29, 1.82) is 0 Å². The molecule has 1 aromatic carbocycles. The summed E-state index contributed by atoms with van der Waals surface area (Å²) in [7, 11) is 0. The van der Waals surface area contributed by atoms with Gasteiger partial charge in [0.2, 0.25) is 6.79 Å². The van der Waals surface area contributed by atoms with Gasteiger partial charge >= 0.3 is 0 Å². The molecule has 1 heterocycles. The van der Waals surface area contributed by atoms with Crippen molar-refractivity contribution in [2.24, 2.45) is 5.92 Å². The lowest BCUT2D eigenvalue weighted by Gasteiger charge is -2.35. The van der Waals surface area contributed by atoms with Crippen LogP contribution in [0.15, 0.2) is 16.6 Å². The van der Waals surface area contributed by atoms with Crippen LogP contribution in [0.25, 0.3) is 0 Å². The Morgan fingerprint density at radius 1 is 1.43 bits per heavy atom. The Bertz CT molecular complexity index is 522. The Morgan fingerprint density at radius 2 is 2.29 bits per heavy atom. The summed E-state index contributed by atoms with van der Waals surface area (Å²) in [5, 5.41) is 14.0. The highest BCUT2D eigenvalue weighted by molar-refractivity contribution is 9.10. The quantitative estimate of drug-likeness (QED) is 0.870. The minimum absolute atomic E-state index is 0.280. The maximum absolute atomic E-state index is 10.6. The molecule has 2 aliphatic rings. The fraction of sp³-hybridized carbons (Fsp3) is 0.625. The number of rotatable bonds is 4. The van der Waals surface area contributed by atoms with Gasteiger partial charge in [-0.2, -0.15) is 0 Å². The molecule has 0 saturated heterocycles. The minimum Gasteiger partial charge on any atom is -0.454 e. The van der Waals surface area contributed by atoms with Crippen LogP contribution in [0.1, 0.15) is 38.2 Å². The van der Waals surface area contributed by atoms with E-state index < -0.39 is 5.60 Å². The van der Waals surface area contributed by atoms with Crippen LogP contribution < -0.4 is 14.8 Å². The van der Waals surface area contributed by atoms with Gasteiger partial charge in [0.05, 0.1) is 10.1 Å². The number of nitrogens with one attached hydrogen (secondary N) is 1. The zero-order valence-electron chi connectivity index (χ0n) is 12.3. The molecule has 1 aliphatic carbocycles. The summed E-state index contributed by atoms with van der Waals surface area (Å²) >= 11 is 3.50. The lowest BCUT2D eigenvalue weighted by molar-refractivity contribution is -0.0119. The second-order valence-corrected chi connectivity index (χ2v) is 7.20. The van der Waals surface area contributed by atoms with Gasteiger partial charge in [0, 0.05) is 13.1 Å². The Balaban J connectivity index is 1.57. The standard InChI is InChI=1S/C16H22BrNO3/c1-11-3-2-4-16(19,7-11)9-18-8-12-5-13(17)15-14(6-12)20-10-21-15/h5-6,11,18-19H,2-4,7-10H2,1H3. The molecule has 4 nitrogen and oxygen atoms in total. The van der Waals surface area contributed by atoms with Crippen LogP contribution in [-0.4, -0.2) is 24.0 Å². The molecule has 3 rings (SSSR count). The number of halogens is 1. The molecule has 116 valence electrons. The van der Waals surface area contributed by atoms with Crippen molar-refractivity contribution in [2.75, 3.05) is 13.3 Å². The summed E-state index contributed by atoms with van der Waals surface area (Å²) in [4.78, 5) is 0. The molecule has 5 heteroatoms. The average molecular weight is 356 g/mol. The number of hydrogen-bond acceptors (Lipinski definition) is 4. The van der Waals surface area contributed by atoms with Gasteiger partial charge < -0.3 is 19.9 Å². The second-order valence-electron chi connectivity index (χ2n) is 6.34. The summed E-state index contributed by atoms with van der Waals surface area (Å²) < 4.78 is 11.7. The van der Waals surface area contributed by atoms with E-state index in [-0.39, 0.29) is 6.79 Å². The lowest BCUT2D eigenvalue weighted by Crippen LogP contribution is -2.43. The van der Waals surface area contributed by atoms with Gasteiger partial charge in [-0.25, -0.2) is 0 Å². The molecule has 1 aliphatic heterocycles. The zero-order chi connectivity index (χ0) is 14.9. The van der Waals surface area contributed by atoms with Crippen LogP contribution >= 0.6 is 15.9 Å². The van der Waals surface area contributed by atoms with Crippen LogP contribution in [0.4, 0.5) is 0 Å². The van der Waals surface area contributed by atoms with Gasteiger partial charge in [-0.15, -0.1) is 0 Å². The third-order valence-electron chi connectivity index (χ3n) is 4.34. The highest BCUT2D eigenvalue weighted by Gasteiger charge is 2.32. The molecular weight excluding hydrogens is 334 g/mol. The minimum atomic E-state index is -0.550. The van der Waals surface area contributed by atoms with Gasteiger partial charge in [-0.1, -0.05) is 19.8 Å².